The van der Waals surface area contributed by atoms with Crippen LogP contribution in [-0.4, -0.2) is 7.11 Å². The smallest absolute Gasteiger partial charge is 0.417 e. The molecule has 0 N–H and O–H groups in total. The van der Waals surface area contributed by atoms with Gasteiger partial charge in [-0.15, -0.1) is 0 Å². The number of hydrogen-bond donors (Lipinski definition) is 0. The molecule has 0 unspecified atom stereocenters. The van der Waals surface area contributed by atoms with Crippen molar-refractivity contribution in [3.63, 3.8) is 0 Å². The van der Waals surface area contributed by atoms with Crippen molar-refractivity contribution in [1.82, 2.24) is 0 Å². The molecule has 0 heterocycles. The third-order valence-corrected chi connectivity index (χ3v) is 5.29. The second-order valence-corrected chi connectivity index (χ2v) is 6.24. The Morgan fingerprint density at radius 2 is 1.30 bits per heavy atom. The lowest BCUT2D eigenvalue weighted by molar-refractivity contribution is -0.137. The quantitative estimate of drug-likeness (QED) is 0.355. The number of hydrogen-bond acceptors (Lipinski definition) is 1. The van der Waals surface area contributed by atoms with Crippen molar-refractivity contribution in [1.29, 1.82) is 0 Å². The van der Waals surface area contributed by atoms with E-state index >= 15 is 0 Å². The van der Waals surface area contributed by atoms with Gasteiger partial charge in [0, 0.05) is 5.56 Å². The SMILES string of the molecule is COc1ccc(-c2c(Cl)c(Cl)c(Cl)c(Cl)c2Cl)c(C(F)(F)F)c1. The maximum absolute atomic E-state index is 13.4. The van der Waals surface area contributed by atoms with Gasteiger partial charge in [-0.05, 0) is 23.8 Å². The van der Waals surface area contributed by atoms with E-state index in [-0.39, 0.29) is 42.0 Å². The molecule has 0 saturated carbocycles. The maximum Gasteiger partial charge on any atom is 0.417 e. The van der Waals surface area contributed by atoms with Crippen LogP contribution in [0, 0.1) is 0 Å². The average Bonchev–Trinajstić information content (AvgIpc) is 2.50. The van der Waals surface area contributed by atoms with Gasteiger partial charge in [0.15, 0.2) is 0 Å². The molecule has 0 spiro atoms. The van der Waals surface area contributed by atoms with E-state index in [2.05, 4.69) is 0 Å². The van der Waals surface area contributed by atoms with Crippen molar-refractivity contribution < 1.29 is 17.9 Å². The van der Waals surface area contributed by atoms with Crippen LogP contribution in [0.15, 0.2) is 18.2 Å². The summed E-state index contributed by atoms with van der Waals surface area (Å²) in [5.74, 6) is 0.0273. The topological polar surface area (TPSA) is 9.23 Å². The van der Waals surface area contributed by atoms with E-state index < -0.39 is 11.7 Å². The maximum atomic E-state index is 13.4. The Morgan fingerprint density at radius 3 is 1.74 bits per heavy atom. The predicted octanol–water partition coefficient (Wildman–Crippen LogP) is 7.65. The van der Waals surface area contributed by atoms with Crippen LogP contribution in [-0.2, 0) is 6.18 Å². The minimum absolute atomic E-state index is 0.0273. The van der Waals surface area contributed by atoms with Crippen molar-refractivity contribution >= 4 is 58.0 Å². The molecule has 0 fully saturated rings. The minimum atomic E-state index is -4.67. The first-order valence-corrected chi connectivity index (χ1v) is 7.75. The van der Waals surface area contributed by atoms with E-state index in [1.807, 2.05) is 0 Å². The van der Waals surface area contributed by atoms with E-state index in [9.17, 15) is 13.2 Å². The number of benzene rings is 2. The molecule has 0 radical (unpaired) electrons. The first kappa shape index (κ1) is 18.8. The molecule has 2 rings (SSSR count). The molecule has 0 aliphatic rings. The van der Waals surface area contributed by atoms with E-state index in [1.54, 1.807) is 0 Å². The first-order valence-electron chi connectivity index (χ1n) is 5.86. The molecule has 2 aromatic rings. The van der Waals surface area contributed by atoms with Crippen LogP contribution >= 0.6 is 58.0 Å². The summed E-state index contributed by atoms with van der Waals surface area (Å²) in [6.45, 7) is 0. The molecule has 1 nitrogen and oxygen atoms in total. The number of ether oxygens (including phenoxy) is 1. The normalized spacial score (nSPS) is 11.7. The van der Waals surface area contributed by atoms with Crippen LogP contribution in [0.3, 0.4) is 0 Å². The predicted molar refractivity (Wildman–Crippen MR) is 88.5 cm³/mol. The second-order valence-electron chi connectivity index (χ2n) is 4.35. The lowest BCUT2D eigenvalue weighted by atomic mass is 9.98. The van der Waals surface area contributed by atoms with Gasteiger partial charge in [-0.3, -0.25) is 0 Å². The van der Waals surface area contributed by atoms with Gasteiger partial charge in [-0.25, -0.2) is 0 Å². The van der Waals surface area contributed by atoms with Gasteiger partial charge < -0.3 is 4.74 Å². The van der Waals surface area contributed by atoms with E-state index in [1.165, 1.54) is 19.2 Å². The summed E-state index contributed by atoms with van der Waals surface area (Å²) in [7, 11) is 1.26. The fourth-order valence-electron chi connectivity index (χ4n) is 1.94. The monoisotopic (exact) mass is 422 g/mol. The van der Waals surface area contributed by atoms with E-state index in [4.69, 9.17) is 62.7 Å². The Hall–Kier alpha value is -0.520. The van der Waals surface area contributed by atoms with Gasteiger partial charge in [0.05, 0.1) is 37.8 Å². The standard InChI is InChI=1S/C14H6Cl5F3O/c1-23-5-2-3-6(7(4-5)14(20,21)22)8-9(15)11(17)13(19)12(18)10(8)16/h2-4H,1H3. The average molecular weight is 424 g/mol. The molecular weight excluding hydrogens is 418 g/mol. The number of methoxy groups -OCH3 is 1. The zero-order valence-corrected chi connectivity index (χ0v) is 14.9. The number of halogens is 8. The number of alkyl halides is 3. The minimum Gasteiger partial charge on any atom is -0.497 e. The van der Waals surface area contributed by atoms with Crippen LogP contribution in [0.1, 0.15) is 5.56 Å². The summed E-state index contributed by atoms with van der Waals surface area (Å²) in [4.78, 5) is 0. The molecule has 2 aromatic carbocycles. The zero-order chi connectivity index (χ0) is 17.5. The molecule has 0 aromatic heterocycles. The largest absolute Gasteiger partial charge is 0.497 e. The number of rotatable bonds is 2. The third-order valence-electron chi connectivity index (χ3n) is 3.01. The molecule has 9 heteroatoms. The van der Waals surface area contributed by atoms with Gasteiger partial charge in [0.1, 0.15) is 5.75 Å². The highest BCUT2D eigenvalue weighted by molar-refractivity contribution is 6.56. The van der Waals surface area contributed by atoms with Crippen molar-refractivity contribution in [2.45, 2.75) is 6.18 Å². The van der Waals surface area contributed by atoms with Crippen molar-refractivity contribution in [3.8, 4) is 16.9 Å². The summed E-state index contributed by atoms with van der Waals surface area (Å²) >= 11 is 29.8. The Bertz CT molecular complexity index is 745. The van der Waals surface area contributed by atoms with Crippen LogP contribution in [0.25, 0.3) is 11.1 Å². The summed E-state index contributed by atoms with van der Waals surface area (Å²) in [6, 6.07) is 3.35. The second kappa shape index (κ2) is 6.77. The summed E-state index contributed by atoms with van der Waals surface area (Å²) < 4.78 is 44.9. The Kier molecular flexibility index (Phi) is 5.54. The first-order chi connectivity index (χ1) is 10.6. The molecule has 124 valence electrons. The highest BCUT2D eigenvalue weighted by Crippen LogP contribution is 2.51. The van der Waals surface area contributed by atoms with E-state index in [0.717, 1.165) is 6.07 Å². The van der Waals surface area contributed by atoms with Crippen molar-refractivity contribution in [2.24, 2.45) is 0 Å². The van der Waals surface area contributed by atoms with E-state index in [0.29, 0.717) is 0 Å². The highest BCUT2D eigenvalue weighted by atomic mass is 35.5. The van der Waals surface area contributed by atoms with Gasteiger partial charge in [-0.2, -0.15) is 13.2 Å². The lowest BCUT2D eigenvalue weighted by Gasteiger charge is -2.18. The Labute approximate surface area is 154 Å². The zero-order valence-electron chi connectivity index (χ0n) is 11.2. The summed E-state index contributed by atoms with van der Waals surface area (Å²) in [5.41, 5.74) is -1.42. The molecular formula is C14H6Cl5F3O. The molecule has 0 saturated heterocycles. The van der Waals surface area contributed by atoms with Gasteiger partial charge in [0.25, 0.3) is 0 Å². The van der Waals surface area contributed by atoms with Crippen LogP contribution in [0.5, 0.6) is 5.75 Å². The molecule has 0 amide bonds. The van der Waals surface area contributed by atoms with Crippen LogP contribution < -0.4 is 4.74 Å². The summed E-state index contributed by atoms with van der Waals surface area (Å²) in [6.07, 6.45) is -4.67. The van der Waals surface area contributed by atoms with Gasteiger partial charge >= 0.3 is 6.18 Å². The Morgan fingerprint density at radius 1 is 0.826 bits per heavy atom. The molecule has 23 heavy (non-hydrogen) atoms. The Balaban J connectivity index is 2.88. The molecule has 0 aliphatic carbocycles. The fraction of sp³-hybridized carbons (Fsp3) is 0.143. The third kappa shape index (κ3) is 3.47. The molecule has 0 bridgehead atoms. The molecule has 0 aliphatic heterocycles. The molecule has 0 atom stereocenters. The lowest BCUT2D eigenvalue weighted by Crippen LogP contribution is -2.08. The van der Waals surface area contributed by atoms with Crippen LogP contribution in [0.2, 0.25) is 25.1 Å². The van der Waals surface area contributed by atoms with Crippen molar-refractivity contribution in [3.05, 3.63) is 48.9 Å². The van der Waals surface area contributed by atoms with Gasteiger partial charge in [0.2, 0.25) is 0 Å². The van der Waals surface area contributed by atoms with Crippen LogP contribution in [0.4, 0.5) is 13.2 Å². The van der Waals surface area contributed by atoms with Crippen molar-refractivity contribution in [2.75, 3.05) is 7.11 Å². The highest BCUT2D eigenvalue weighted by Gasteiger charge is 2.36. The van der Waals surface area contributed by atoms with Gasteiger partial charge in [-0.1, -0.05) is 58.0 Å². The summed E-state index contributed by atoms with van der Waals surface area (Å²) in [5, 5.41) is -0.930. The fourth-order valence-corrected chi connectivity index (χ4v) is 3.29.